The summed E-state index contributed by atoms with van der Waals surface area (Å²) < 4.78 is 1.87. The van der Waals surface area contributed by atoms with E-state index in [1.807, 2.05) is 4.68 Å². The Balaban J connectivity index is 2.03. The second kappa shape index (κ2) is 5.81. The summed E-state index contributed by atoms with van der Waals surface area (Å²) in [5.41, 5.74) is 7.10. The molecule has 0 radical (unpaired) electrons. The molecule has 2 unspecified atom stereocenters. The number of rotatable bonds is 2. The maximum Gasteiger partial charge on any atom is 0.183 e. The third kappa shape index (κ3) is 2.85. The summed E-state index contributed by atoms with van der Waals surface area (Å²) in [5.74, 6) is 1.31. The Morgan fingerprint density at radius 2 is 2.10 bits per heavy atom. The number of nitrogens with two attached hydrogens (primary N) is 1. The summed E-state index contributed by atoms with van der Waals surface area (Å²) in [4.78, 5) is 0. The van der Waals surface area contributed by atoms with E-state index < -0.39 is 0 Å². The van der Waals surface area contributed by atoms with Crippen molar-refractivity contribution in [2.24, 2.45) is 5.92 Å². The fraction of sp³-hybridized carbons (Fsp3) is 0.500. The Morgan fingerprint density at radius 3 is 2.86 bits per heavy atom. The van der Waals surface area contributed by atoms with E-state index in [0.717, 1.165) is 12.8 Å². The fourth-order valence-electron chi connectivity index (χ4n) is 3.01. The molecule has 21 heavy (non-hydrogen) atoms. The van der Waals surface area contributed by atoms with Crippen LogP contribution in [0.2, 0.25) is 10.0 Å². The topological polar surface area (TPSA) is 69.6 Å². The number of nitrogen functional groups attached to an aromatic ring is 1. The van der Waals surface area contributed by atoms with Crippen LogP contribution in [0.3, 0.4) is 0 Å². The first-order valence-electron chi connectivity index (χ1n) is 7.09. The third-order valence-electron chi connectivity index (χ3n) is 4.04. The van der Waals surface area contributed by atoms with Crippen LogP contribution in [0.4, 0.5) is 5.69 Å². The monoisotopic (exact) mass is 325 g/mol. The van der Waals surface area contributed by atoms with Gasteiger partial charge in [0.05, 0.1) is 16.1 Å². The van der Waals surface area contributed by atoms with Gasteiger partial charge in [0.1, 0.15) is 0 Å². The van der Waals surface area contributed by atoms with Crippen molar-refractivity contribution in [1.82, 2.24) is 20.2 Å². The van der Waals surface area contributed by atoms with E-state index in [1.54, 1.807) is 12.1 Å². The molecule has 112 valence electrons. The van der Waals surface area contributed by atoms with Gasteiger partial charge >= 0.3 is 0 Å². The number of benzene rings is 1. The maximum absolute atomic E-state index is 6.30. The van der Waals surface area contributed by atoms with E-state index in [1.165, 1.54) is 12.8 Å². The van der Waals surface area contributed by atoms with Gasteiger partial charge in [0.25, 0.3) is 0 Å². The van der Waals surface area contributed by atoms with Crippen molar-refractivity contribution in [2.75, 3.05) is 5.73 Å². The van der Waals surface area contributed by atoms with Gasteiger partial charge in [0, 0.05) is 11.3 Å². The first-order chi connectivity index (χ1) is 10.1. The second-order valence-electron chi connectivity index (χ2n) is 5.74. The molecule has 2 atom stereocenters. The summed E-state index contributed by atoms with van der Waals surface area (Å²) in [6.07, 6.45) is 4.61. The average Bonchev–Trinajstić information content (AvgIpc) is 2.92. The van der Waals surface area contributed by atoms with Gasteiger partial charge in [-0.15, -0.1) is 5.10 Å². The van der Waals surface area contributed by atoms with Gasteiger partial charge in [-0.25, -0.2) is 4.68 Å². The van der Waals surface area contributed by atoms with Crippen LogP contribution in [0.15, 0.2) is 12.1 Å². The van der Waals surface area contributed by atoms with E-state index in [-0.39, 0.29) is 0 Å². The molecule has 5 nitrogen and oxygen atoms in total. The lowest BCUT2D eigenvalue weighted by molar-refractivity contribution is 0.265. The van der Waals surface area contributed by atoms with Crippen molar-refractivity contribution >= 4 is 28.9 Å². The smallest absolute Gasteiger partial charge is 0.183 e. The van der Waals surface area contributed by atoms with Crippen LogP contribution in [0.25, 0.3) is 11.4 Å². The molecular formula is C14H17Cl2N5. The summed E-state index contributed by atoms with van der Waals surface area (Å²) in [6.45, 7) is 2.26. The van der Waals surface area contributed by atoms with Gasteiger partial charge in [-0.2, -0.15) is 0 Å². The fourth-order valence-corrected chi connectivity index (χ4v) is 3.44. The Morgan fingerprint density at radius 1 is 1.29 bits per heavy atom. The molecule has 0 amide bonds. The van der Waals surface area contributed by atoms with Crippen molar-refractivity contribution < 1.29 is 0 Å². The van der Waals surface area contributed by atoms with Gasteiger partial charge in [-0.3, -0.25) is 0 Å². The summed E-state index contributed by atoms with van der Waals surface area (Å²) in [7, 11) is 0. The molecule has 7 heteroatoms. The lowest BCUT2D eigenvalue weighted by Crippen LogP contribution is -2.19. The molecule has 3 rings (SSSR count). The molecule has 2 aromatic rings. The molecule has 1 aromatic carbocycles. The first-order valence-corrected chi connectivity index (χ1v) is 7.84. The van der Waals surface area contributed by atoms with E-state index in [0.29, 0.717) is 39.1 Å². The van der Waals surface area contributed by atoms with Crippen molar-refractivity contribution in [2.45, 2.75) is 38.6 Å². The average molecular weight is 326 g/mol. The van der Waals surface area contributed by atoms with Crippen LogP contribution < -0.4 is 5.73 Å². The van der Waals surface area contributed by atoms with Crippen molar-refractivity contribution in [3.8, 4) is 11.4 Å². The predicted molar refractivity (Wildman–Crippen MR) is 84.4 cm³/mol. The molecule has 1 heterocycles. The SMILES string of the molecule is CC1CCCC(n2nnnc2-c2cc(N)cc(Cl)c2Cl)C1. The summed E-state index contributed by atoms with van der Waals surface area (Å²) in [5, 5.41) is 13.0. The highest BCUT2D eigenvalue weighted by Gasteiger charge is 2.25. The quantitative estimate of drug-likeness (QED) is 0.848. The maximum atomic E-state index is 6.30. The zero-order valence-electron chi connectivity index (χ0n) is 11.8. The van der Waals surface area contributed by atoms with E-state index in [9.17, 15) is 0 Å². The number of hydrogen-bond acceptors (Lipinski definition) is 4. The minimum absolute atomic E-state index is 0.301. The predicted octanol–water partition coefficient (Wildman–Crippen LogP) is 3.98. The Kier molecular flexibility index (Phi) is 4.04. The van der Waals surface area contributed by atoms with Crippen molar-refractivity contribution in [1.29, 1.82) is 0 Å². The van der Waals surface area contributed by atoms with Crippen molar-refractivity contribution in [3.05, 3.63) is 22.2 Å². The lowest BCUT2D eigenvalue weighted by Gasteiger charge is -2.27. The second-order valence-corrected chi connectivity index (χ2v) is 6.52. The van der Waals surface area contributed by atoms with Crippen LogP contribution >= 0.6 is 23.2 Å². The number of tetrazole rings is 1. The highest BCUT2D eigenvalue weighted by molar-refractivity contribution is 6.43. The van der Waals surface area contributed by atoms with Gasteiger partial charge < -0.3 is 5.73 Å². The normalized spacial score (nSPS) is 22.4. The van der Waals surface area contributed by atoms with E-state index >= 15 is 0 Å². The molecule has 1 fully saturated rings. The molecule has 1 aliphatic rings. The van der Waals surface area contributed by atoms with Crippen LogP contribution in [0.1, 0.15) is 38.6 Å². The van der Waals surface area contributed by atoms with Crippen LogP contribution in [0.5, 0.6) is 0 Å². The molecule has 0 bridgehead atoms. The number of aromatic nitrogens is 4. The Bertz CT molecular complexity index is 655. The highest BCUT2D eigenvalue weighted by atomic mass is 35.5. The summed E-state index contributed by atoms with van der Waals surface area (Å²) in [6, 6.07) is 3.70. The summed E-state index contributed by atoms with van der Waals surface area (Å²) >= 11 is 12.4. The third-order valence-corrected chi connectivity index (χ3v) is 4.84. The molecule has 1 aliphatic carbocycles. The van der Waals surface area contributed by atoms with Gasteiger partial charge in [0.2, 0.25) is 0 Å². The zero-order chi connectivity index (χ0) is 15.0. The van der Waals surface area contributed by atoms with E-state index in [2.05, 4.69) is 22.4 Å². The van der Waals surface area contributed by atoms with Gasteiger partial charge in [0.15, 0.2) is 5.82 Å². The molecule has 1 aromatic heterocycles. The molecule has 1 saturated carbocycles. The van der Waals surface area contributed by atoms with Gasteiger partial charge in [-0.1, -0.05) is 43.0 Å². The number of anilines is 1. The first kappa shape index (κ1) is 14.6. The number of nitrogens with zero attached hydrogens (tertiary/aromatic N) is 4. The molecule has 0 saturated heterocycles. The minimum Gasteiger partial charge on any atom is -0.399 e. The lowest BCUT2D eigenvalue weighted by atomic mass is 9.87. The van der Waals surface area contributed by atoms with Gasteiger partial charge in [-0.05, 0) is 41.3 Å². The van der Waals surface area contributed by atoms with Crippen LogP contribution in [-0.4, -0.2) is 20.2 Å². The highest BCUT2D eigenvalue weighted by Crippen LogP contribution is 2.38. The molecule has 0 aliphatic heterocycles. The standard InChI is InChI=1S/C14H17Cl2N5/c1-8-3-2-4-10(5-8)21-14(18-19-20-21)11-6-9(17)7-12(15)13(11)16/h6-8,10H,2-5,17H2,1H3. The van der Waals surface area contributed by atoms with Crippen molar-refractivity contribution in [3.63, 3.8) is 0 Å². The van der Waals surface area contributed by atoms with E-state index in [4.69, 9.17) is 28.9 Å². The number of halogens is 2. The van der Waals surface area contributed by atoms with Crippen LogP contribution in [-0.2, 0) is 0 Å². The largest absolute Gasteiger partial charge is 0.399 e. The molecule has 2 N–H and O–H groups in total. The zero-order valence-corrected chi connectivity index (χ0v) is 13.3. The minimum atomic E-state index is 0.301. The molecule has 0 spiro atoms. The Labute approximate surface area is 133 Å². The number of hydrogen-bond donors (Lipinski definition) is 1. The Hall–Kier alpha value is -1.33. The van der Waals surface area contributed by atoms with Crippen LogP contribution in [0, 0.1) is 5.92 Å². The molecular weight excluding hydrogens is 309 g/mol.